The number of rotatable bonds is 9. The lowest BCUT2D eigenvalue weighted by Crippen LogP contribution is -2.24. The van der Waals surface area contributed by atoms with E-state index in [-0.39, 0.29) is 12.5 Å². The van der Waals surface area contributed by atoms with Crippen LogP contribution in [0.15, 0.2) is 48.5 Å². The van der Waals surface area contributed by atoms with Gasteiger partial charge in [-0.05, 0) is 28.8 Å². The molecule has 0 heterocycles. The fourth-order valence-corrected chi connectivity index (χ4v) is 3.04. The molecule has 2 rings (SSSR count). The molecule has 0 atom stereocenters. The first-order chi connectivity index (χ1) is 13.4. The van der Waals surface area contributed by atoms with E-state index in [0.717, 1.165) is 11.1 Å². The molecule has 4 nitrogen and oxygen atoms in total. The summed E-state index contributed by atoms with van der Waals surface area (Å²) in [7, 11) is 0. The lowest BCUT2D eigenvalue weighted by Gasteiger charge is -2.09. The van der Waals surface area contributed by atoms with Crippen LogP contribution >= 0.6 is 11.8 Å². The first-order valence-corrected chi connectivity index (χ1v) is 9.57. The van der Waals surface area contributed by atoms with Crippen molar-refractivity contribution in [3.05, 3.63) is 70.8 Å². The van der Waals surface area contributed by atoms with Gasteiger partial charge in [-0.3, -0.25) is 4.79 Å². The summed E-state index contributed by atoms with van der Waals surface area (Å²) in [5, 5.41) is 11.6. The van der Waals surface area contributed by atoms with Crippen LogP contribution in [-0.4, -0.2) is 24.4 Å². The number of thioether (sulfide) groups is 1. The van der Waals surface area contributed by atoms with E-state index >= 15 is 0 Å². The highest BCUT2D eigenvalue weighted by atomic mass is 32.2. The van der Waals surface area contributed by atoms with Crippen molar-refractivity contribution in [2.75, 3.05) is 12.4 Å². The predicted octanol–water partition coefficient (Wildman–Crippen LogP) is 4.19. The Morgan fingerprint density at radius 1 is 1.04 bits per heavy atom. The molecular formula is C20H19F3N2O2S. The van der Waals surface area contributed by atoms with Crippen molar-refractivity contribution in [1.82, 2.24) is 5.32 Å². The Kier molecular flexibility index (Phi) is 8.36. The number of hydrogen-bond donors (Lipinski definition) is 1. The van der Waals surface area contributed by atoms with Crippen molar-refractivity contribution in [1.29, 1.82) is 5.26 Å². The van der Waals surface area contributed by atoms with Gasteiger partial charge in [0.25, 0.3) is 0 Å². The second-order valence-electron chi connectivity index (χ2n) is 6.00. The maximum absolute atomic E-state index is 12.0. The van der Waals surface area contributed by atoms with E-state index < -0.39 is 12.8 Å². The zero-order valence-corrected chi connectivity index (χ0v) is 15.8. The number of carbonyl (C=O) groups is 1. The minimum Gasteiger partial charge on any atom is -0.367 e. The van der Waals surface area contributed by atoms with Gasteiger partial charge in [-0.25, -0.2) is 0 Å². The number of amides is 1. The number of hydrogen-bond acceptors (Lipinski definition) is 4. The summed E-state index contributed by atoms with van der Waals surface area (Å²) in [5.41, 5.74) is 3.13. The zero-order valence-electron chi connectivity index (χ0n) is 15.0. The van der Waals surface area contributed by atoms with Gasteiger partial charge >= 0.3 is 6.18 Å². The summed E-state index contributed by atoms with van der Waals surface area (Å²) >= 11 is 1.47. The maximum atomic E-state index is 12.0. The molecule has 0 fully saturated rings. The number of halogens is 3. The molecule has 0 aliphatic heterocycles. The van der Waals surface area contributed by atoms with E-state index in [1.165, 1.54) is 11.8 Å². The first-order valence-electron chi connectivity index (χ1n) is 8.41. The quantitative estimate of drug-likeness (QED) is 0.676. The molecule has 148 valence electrons. The van der Waals surface area contributed by atoms with Crippen LogP contribution in [0.1, 0.15) is 22.3 Å². The van der Waals surface area contributed by atoms with E-state index in [0.29, 0.717) is 29.2 Å². The van der Waals surface area contributed by atoms with Crippen molar-refractivity contribution in [3.8, 4) is 6.07 Å². The Morgan fingerprint density at radius 3 is 2.25 bits per heavy atom. The number of nitriles is 1. The Hall–Kier alpha value is -2.50. The Morgan fingerprint density at radius 2 is 1.64 bits per heavy atom. The van der Waals surface area contributed by atoms with Gasteiger partial charge in [-0.15, -0.1) is 11.8 Å². The molecule has 1 amide bonds. The van der Waals surface area contributed by atoms with Gasteiger partial charge in [-0.1, -0.05) is 36.4 Å². The number of nitrogens with zero attached hydrogens (tertiary/aromatic N) is 1. The number of nitrogens with one attached hydrogen (secondary N) is 1. The Balaban J connectivity index is 1.65. The van der Waals surface area contributed by atoms with Crippen molar-refractivity contribution >= 4 is 17.7 Å². The summed E-state index contributed by atoms with van der Waals surface area (Å²) in [6.45, 7) is -1.04. The average molecular weight is 408 g/mol. The van der Waals surface area contributed by atoms with E-state index in [1.807, 2.05) is 12.1 Å². The van der Waals surface area contributed by atoms with Crippen LogP contribution in [0.3, 0.4) is 0 Å². The summed E-state index contributed by atoms with van der Waals surface area (Å²) in [4.78, 5) is 11.9. The van der Waals surface area contributed by atoms with Crippen LogP contribution < -0.4 is 5.32 Å². The molecule has 0 aliphatic carbocycles. The molecule has 8 heteroatoms. The standard InChI is InChI=1S/C20H19F3N2O2S/c21-20(22,23)14-27-11-17-5-3-16(4-6-17)10-25-19(26)13-28-12-18-7-1-15(9-24)2-8-18/h1-8H,10-14H2,(H,25,26). The van der Waals surface area contributed by atoms with Gasteiger partial charge in [0.1, 0.15) is 6.61 Å². The van der Waals surface area contributed by atoms with Crippen LogP contribution in [0, 0.1) is 11.3 Å². The van der Waals surface area contributed by atoms with E-state index in [4.69, 9.17) is 5.26 Å². The minimum atomic E-state index is -4.33. The molecular weight excluding hydrogens is 389 g/mol. The molecule has 0 unspecified atom stereocenters. The summed E-state index contributed by atoms with van der Waals surface area (Å²) in [6, 6.07) is 16.1. The number of benzene rings is 2. The third-order valence-electron chi connectivity index (χ3n) is 3.63. The van der Waals surface area contributed by atoms with Crippen molar-refractivity contribution in [2.45, 2.75) is 25.1 Å². The van der Waals surface area contributed by atoms with Gasteiger partial charge in [0.05, 0.1) is 24.0 Å². The predicted molar refractivity (Wildman–Crippen MR) is 101 cm³/mol. The molecule has 0 saturated carbocycles. The maximum Gasteiger partial charge on any atom is 0.411 e. The number of alkyl halides is 3. The highest BCUT2D eigenvalue weighted by Gasteiger charge is 2.27. The summed E-state index contributed by atoms with van der Waals surface area (Å²) < 4.78 is 40.7. The largest absolute Gasteiger partial charge is 0.411 e. The molecule has 1 N–H and O–H groups in total. The van der Waals surface area contributed by atoms with Crippen molar-refractivity contribution in [2.24, 2.45) is 0 Å². The fourth-order valence-electron chi connectivity index (χ4n) is 2.23. The van der Waals surface area contributed by atoms with Gasteiger partial charge in [0.15, 0.2) is 0 Å². The van der Waals surface area contributed by atoms with Crippen LogP contribution in [0.4, 0.5) is 13.2 Å². The SMILES string of the molecule is N#Cc1ccc(CSCC(=O)NCc2ccc(COCC(F)(F)F)cc2)cc1. The minimum absolute atomic E-state index is 0.101. The van der Waals surface area contributed by atoms with Gasteiger partial charge < -0.3 is 10.1 Å². The van der Waals surface area contributed by atoms with Gasteiger partial charge in [0, 0.05) is 12.3 Å². The summed E-state index contributed by atoms with van der Waals surface area (Å²) in [5.74, 6) is 0.881. The van der Waals surface area contributed by atoms with E-state index in [9.17, 15) is 18.0 Å². The Labute approximate surface area is 165 Å². The molecule has 0 radical (unpaired) electrons. The molecule has 0 bridgehead atoms. The molecule has 0 aliphatic rings. The monoisotopic (exact) mass is 408 g/mol. The van der Waals surface area contributed by atoms with Crippen LogP contribution in [-0.2, 0) is 28.4 Å². The van der Waals surface area contributed by atoms with Gasteiger partial charge in [-0.2, -0.15) is 18.4 Å². The molecule has 28 heavy (non-hydrogen) atoms. The lowest BCUT2D eigenvalue weighted by molar-refractivity contribution is -0.176. The first kappa shape index (κ1) is 21.8. The molecule has 0 spiro atoms. The van der Waals surface area contributed by atoms with E-state index in [1.54, 1.807) is 36.4 Å². The average Bonchev–Trinajstić information content (AvgIpc) is 2.67. The highest BCUT2D eigenvalue weighted by molar-refractivity contribution is 7.99. The second kappa shape index (κ2) is 10.7. The fraction of sp³-hybridized carbons (Fsp3) is 0.300. The normalized spacial score (nSPS) is 11.1. The number of carbonyl (C=O) groups excluding carboxylic acids is 1. The van der Waals surface area contributed by atoms with Crippen LogP contribution in [0.25, 0.3) is 0 Å². The van der Waals surface area contributed by atoms with Crippen LogP contribution in [0.2, 0.25) is 0 Å². The van der Waals surface area contributed by atoms with Crippen LogP contribution in [0.5, 0.6) is 0 Å². The Bertz CT molecular complexity index is 800. The topological polar surface area (TPSA) is 62.1 Å². The van der Waals surface area contributed by atoms with Crippen molar-refractivity contribution < 1.29 is 22.7 Å². The number of ether oxygens (including phenoxy) is 1. The smallest absolute Gasteiger partial charge is 0.367 e. The highest BCUT2D eigenvalue weighted by Crippen LogP contribution is 2.16. The van der Waals surface area contributed by atoms with Crippen molar-refractivity contribution in [3.63, 3.8) is 0 Å². The third-order valence-corrected chi connectivity index (χ3v) is 4.64. The second-order valence-corrected chi connectivity index (χ2v) is 6.99. The molecule has 0 saturated heterocycles. The zero-order chi connectivity index (χ0) is 20.4. The summed E-state index contributed by atoms with van der Waals surface area (Å²) in [6.07, 6.45) is -4.33. The van der Waals surface area contributed by atoms with Gasteiger partial charge in [0.2, 0.25) is 5.91 Å². The molecule has 0 aromatic heterocycles. The molecule has 2 aromatic rings. The molecule has 2 aromatic carbocycles. The third kappa shape index (κ3) is 8.46. The lowest BCUT2D eigenvalue weighted by atomic mass is 10.1. The van der Waals surface area contributed by atoms with E-state index in [2.05, 4.69) is 16.1 Å².